The lowest BCUT2D eigenvalue weighted by molar-refractivity contribution is -0.131. The lowest BCUT2D eigenvalue weighted by atomic mass is 10.1. The topological polar surface area (TPSA) is 62.5 Å². The van der Waals surface area contributed by atoms with Crippen molar-refractivity contribution in [3.8, 4) is 0 Å². The zero-order valence-corrected chi connectivity index (χ0v) is 18.5. The zero-order chi connectivity index (χ0) is 21.1. The largest absolute Gasteiger partial charge is 0.398 e. The Morgan fingerprint density at radius 2 is 2.17 bits per heavy atom. The number of pyridine rings is 1. The van der Waals surface area contributed by atoms with Gasteiger partial charge in [0, 0.05) is 60.4 Å². The van der Waals surface area contributed by atoms with Crippen LogP contribution in [-0.2, 0) is 11.3 Å². The summed E-state index contributed by atoms with van der Waals surface area (Å²) in [4.78, 5) is 22.6. The van der Waals surface area contributed by atoms with E-state index in [1.54, 1.807) is 12.3 Å². The van der Waals surface area contributed by atoms with E-state index in [0.29, 0.717) is 0 Å². The Morgan fingerprint density at radius 3 is 2.93 bits per heavy atom. The standard InChI is InChI=1S/C23H25ClN4OS/c1-2-17-15-27(14-16-3-6-19-20(25)9-10-26-21(19)13-16)11-12-28(17)23(29)8-5-18-4-7-22(24)30-18/h3-10,13,17H,2,11-12,14-15H2,1H3,(H2,25,26)/t17-/m0/s1. The van der Waals surface area contributed by atoms with Crippen LogP contribution in [0.1, 0.15) is 23.8 Å². The van der Waals surface area contributed by atoms with Crippen molar-refractivity contribution in [1.82, 2.24) is 14.8 Å². The molecule has 4 rings (SSSR count). The van der Waals surface area contributed by atoms with Gasteiger partial charge in [0.1, 0.15) is 0 Å². The van der Waals surface area contributed by atoms with Crippen molar-refractivity contribution in [1.29, 1.82) is 0 Å². The van der Waals surface area contributed by atoms with Crippen LogP contribution in [0.4, 0.5) is 5.69 Å². The third-order valence-electron chi connectivity index (χ3n) is 5.55. The Morgan fingerprint density at radius 1 is 1.30 bits per heavy atom. The molecular weight excluding hydrogens is 416 g/mol. The molecule has 1 saturated heterocycles. The van der Waals surface area contributed by atoms with E-state index in [1.807, 2.05) is 35.2 Å². The van der Waals surface area contributed by atoms with Crippen molar-refractivity contribution in [3.05, 3.63) is 63.4 Å². The minimum Gasteiger partial charge on any atom is -0.398 e. The fourth-order valence-corrected chi connectivity index (χ4v) is 4.91. The lowest BCUT2D eigenvalue weighted by Crippen LogP contribution is -2.54. The van der Waals surface area contributed by atoms with Gasteiger partial charge in [0.05, 0.1) is 9.85 Å². The van der Waals surface area contributed by atoms with Gasteiger partial charge in [-0.1, -0.05) is 30.7 Å². The van der Waals surface area contributed by atoms with Crippen LogP contribution >= 0.6 is 22.9 Å². The summed E-state index contributed by atoms with van der Waals surface area (Å²) in [5, 5.41) is 0.988. The van der Waals surface area contributed by atoms with Gasteiger partial charge in [-0.25, -0.2) is 0 Å². The Hall–Kier alpha value is -2.41. The van der Waals surface area contributed by atoms with Crippen molar-refractivity contribution in [3.63, 3.8) is 0 Å². The molecule has 0 saturated carbocycles. The molecule has 5 nitrogen and oxygen atoms in total. The second kappa shape index (κ2) is 9.16. The highest BCUT2D eigenvalue weighted by molar-refractivity contribution is 7.17. The Balaban J connectivity index is 1.40. The van der Waals surface area contributed by atoms with Gasteiger partial charge in [0.2, 0.25) is 5.91 Å². The summed E-state index contributed by atoms with van der Waals surface area (Å²) in [6.07, 6.45) is 6.19. The fraction of sp³-hybridized carbons (Fsp3) is 0.304. The molecule has 2 aromatic heterocycles. The van der Waals surface area contributed by atoms with Crippen LogP contribution in [0.25, 0.3) is 17.0 Å². The molecule has 0 aliphatic carbocycles. The van der Waals surface area contributed by atoms with E-state index in [9.17, 15) is 4.79 Å². The number of aromatic nitrogens is 1. The second-order valence-corrected chi connectivity index (χ2v) is 9.30. The van der Waals surface area contributed by atoms with Crippen LogP contribution in [0.15, 0.2) is 48.7 Å². The molecule has 0 spiro atoms. The van der Waals surface area contributed by atoms with E-state index >= 15 is 0 Å². The smallest absolute Gasteiger partial charge is 0.246 e. The molecule has 30 heavy (non-hydrogen) atoms. The van der Waals surface area contributed by atoms with Gasteiger partial charge in [-0.2, -0.15) is 0 Å². The van der Waals surface area contributed by atoms with Gasteiger partial charge < -0.3 is 10.6 Å². The number of fused-ring (bicyclic) bond motifs is 1. The predicted molar refractivity (Wildman–Crippen MR) is 126 cm³/mol. The predicted octanol–water partition coefficient (Wildman–Crippen LogP) is 4.67. The first-order chi connectivity index (χ1) is 14.5. The first kappa shape index (κ1) is 20.8. The van der Waals surface area contributed by atoms with E-state index in [4.69, 9.17) is 17.3 Å². The summed E-state index contributed by atoms with van der Waals surface area (Å²) in [6.45, 7) is 5.42. The number of anilines is 1. The van der Waals surface area contributed by atoms with Crippen molar-refractivity contribution < 1.29 is 4.79 Å². The van der Waals surface area contributed by atoms with E-state index in [2.05, 4.69) is 28.9 Å². The second-order valence-electron chi connectivity index (χ2n) is 7.56. The molecule has 1 aliphatic rings. The van der Waals surface area contributed by atoms with Crippen molar-refractivity contribution in [2.75, 3.05) is 25.4 Å². The van der Waals surface area contributed by atoms with Crippen LogP contribution in [0, 0.1) is 0 Å². The van der Waals surface area contributed by atoms with Crippen LogP contribution in [0.5, 0.6) is 0 Å². The van der Waals surface area contributed by atoms with Crippen LogP contribution in [0.2, 0.25) is 4.34 Å². The maximum Gasteiger partial charge on any atom is 0.246 e. The molecule has 1 atom stereocenters. The van der Waals surface area contributed by atoms with Gasteiger partial charge >= 0.3 is 0 Å². The van der Waals surface area contributed by atoms with Crippen molar-refractivity contribution in [2.24, 2.45) is 0 Å². The van der Waals surface area contributed by atoms with E-state index in [0.717, 1.165) is 58.4 Å². The Kier molecular flexibility index (Phi) is 6.37. The number of rotatable bonds is 5. The number of benzene rings is 1. The molecule has 7 heteroatoms. The highest BCUT2D eigenvalue weighted by atomic mass is 35.5. The van der Waals surface area contributed by atoms with Gasteiger partial charge in [-0.05, 0) is 42.3 Å². The molecule has 156 valence electrons. The monoisotopic (exact) mass is 440 g/mol. The first-order valence-corrected chi connectivity index (χ1v) is 11.3. The lowest BCUT2D eigenvalue weighted by Gasteiger charge is -2.41. The average Bonchev–Trinajstić information content (AvgIpc) is 3.17. The number of carbonyl (C=O) groups excluding carboxylic acids is 1. The van der Waals surface area contributed by atoms with Crippen LogP contribution in [0.3, 0.4) is 0 Å². The number of halogens is 1. The molecule has 1 fully saturated rings. The molecule has 0 bridgehead atoms. The average molecular weight is 441 g/mol. The maximum absolute atomic E-state index is 12.8. The summed E-state index contributed by atoms with van der Waals surface area (Å²) in [7, 11) is 0. The molecule has 1 aromatic carbocycles. The van der Waals surface area contributed by atoms with E-state index in [-0.39, 0.29) is 11.9 Å². The molecule has 0 unspecified atom stereocenters. The van der Waals surface area contributed by atoms with Crippen molar-refractivity contribution >= 4 is 51.5 Å². The number of nitrogen functional groups attached to an aromatic ring is 1. The highest BCUT2D eigenvalue weighted by Crippen LogP contribution is 2.24. The summed E-state index contributed by atoms with van der Waals surface area (Å²) in [6, 6.07) is 12.1. The molecule has 0 radical (unpaired) electrons. The van der Waals surface area contributed by atoms with E-state index in [1.165, 1.54) is 16.9 Å². The number of nitrogens with zero attached hydrogens (tertiary/aromatic N) is 3. The molecule has 3 aromatic rings. The van der Waals surface area contributed by atoms with Gasteiger partial charge in [0.25, 0.3) is 0 Å². The number of hydrogen-bond donors (Lipinski definition) is 1. The third kappa shape index (κ3) is 4.67. The summed E-state index contributed by atoms with van der Waals surface area (Å²) in [5.74, 6) is 0.0661. The summed E-state index contributed by atoms with van der Waals surface area (Å²) >= 11 is 7.44. The molecule has 3 heterocycles. The molecular formula is C23H25ClN4OS. The van der Waals surface area contributed by atoms with Gasteiger partial charge in [-0.3, -0.25) is 14.7 Å². The number of piperazine rings is 1. The highest BCUT2D eigenvalue weighted by Gasteiger charge is 2.28. The number of nitrogens with two attached hydrogens (primary N) is 1. The minimum absolute atomic E-state index is 0.0661. The van der Waals surface area contributed by atoms with Crippen molar-refractivity contribution in [2.45, 2.75) is 25.9 Å². The normalized spacial score (nSPS) is 17.8. The quantitative estimate of drug-likeness (QED) is 0.585. The number of hydrogen-bond acceptors (Lipinski definition) is 5. The molecule has 1 amide bonds. The third-order valence-corrected chi connectivity index (χ3v) is 6.75. The SMILES string of the molecule is CC[C@H]1CN(Cc2ccc3c(N)ccnc3c2)CCN1C(=O)C=Cc1ccc(Cl)s1. The number of amides is 1. The molecule has 1 aliphatic heterocycles. The zero-order valence-electron chi connectivity index (χ0n) is 16.9. The molecule has 2 N–H and O–H groups in total. The first-order valence-electron chi connectivity index (χ1n) is 10.1. The summed E-state index contributed by atoms with van der Waals surface area (Å²) < 4.78 is 0.730. The number of carbonyl (C=O) groups is 1. The fourth-order valence-electron chi connectivity index (χ4n) is 3.94. The minimum atomic E-state index is 0.0661. The maximum atomic E-state index is 12.8. The van der Waals surface area contributed by atoms with Gasteiger partial charge in [0.15, 0.2) is 0 Å². The van der Waals surface area contributed by atoms with Crippen LogP contribution in [-0.4, -0.2) is 46.4 Å². The summed E-state index contributed by atoms with van der Waals surface area (Å²) in [5.41, 5.74) is 8.92. The van der Waals surface area contributed by atoms with Gasteiger partial charge in [-0.15, -0.1) is 11.3 Å². The Bertz CT molecular complexity index is 1080. The van der Waals surface area contributed by atoms with Crippen LogP contribution < -0.4 is 5.73 Å². The Labute approximate surface area is 185 Å². The van der Waals surface area contributed by atoms with E-state index < -0.39 is 0 Å². The number of thiophene rings is 1.